The maximum absolute atomic E-state index is 10.4. The van der Waals surface area contributed by atoms with Crippen LogP contribution in [-0.4, -0.2) is 23.3 Å². The first-order chi connectivity index (χ1) is 7.13. The van der Waals surface area contributed by atoms with Gasteiger partial charge in [-0.3, -0.25) is 4.79 Å². The van der Waals surface area contributed by atoms with E-state index in [1.807, 2.05) is 12.1 Å². The fraction of sp³-hybridized carbons (Fsp3) is 0.364. The van der Waals surface area contributed by atoms with E-state index in [1.54, 1.807) is 19.2 Å². The van der Waals surface area contributed by atoms with E-state index in [2.05, 4.69) is 0 Å². The topological polar surface area (TPSA) is 66.8 Å². The summed E-state index contributed by atoms with van der Waals surface area (Å²) in [6.07, 6.45) is -1.22. The van der Waals surface area contributed by atoms with Gasteiger partial charge in [-0.15, -0.1) is 0 Å². The Morgan fingerprint density at radius 3 is 2.47 bits per heavy atom. The summed E-state index contributed by atoms with van der Waals surface area (Å²) in [5.41, 5.74) is 1.60. The predicted molar refractivity (Wildman–Crippen MR) is 54.4 cm³/mol. The molecule has 0 aliphatic carbocycles. The van der Waals surface area contributed by atoms with E-state index in [0.29, 0.717) is 12.2 Å². The molecule has 2 N–H and O–H groups in total. The second kappa shape index (κ2) is 5.48. The maximum Gasteiger partial charge on any atom is 0.306 e. The predicted octanol–water partition coefficient (Wildman–Crippen LogP) is 1.34. The molecule has 0 spiro atoms. The molecule has 4 nitrogen and oxygen atoms in total. The molecular weight excluding hydrogens is 196 g/mol. The summed E-state index contributed by atoms with van der Waals surface area (Å²) >= 11 is 0. The van der Waals surface area contributed by atoms with Crippen molar-refractivity contribution >= 4 is 5.97 Å². The monoisotopic (exact) mass is 210 g/mol. The lowest BCUT2D eigenvalue weighted by Crippen LogP contribution is -2.05. The van der Waals surface area contributed by atoms with Gasteiger partial charge in [0.05, 0.1) is 19.1 Å². The molecular formula is C11H14O4. The third kappa shape index (κ3) is 3.69. The zero-order chi connectivity index (χ0) is 11.3. The molecule has 0 saturated carbocycles. The first-order valence-electron chi connectivity index (χ1n) is 4.61. The van der Waals surface area contributed by atoms with Gasteiger partial charge in [-0.25, -0.2) is 0 Å². The largest absolute Gasteiger partial charge is 0.481 e. The average molecular weight is 210 g/mol. The van der Waals surface area contributed by atoms with Gasteiger partial charge in [-0.05, 0) is 11.1 Å². The van der Waals surface area contributed by atoms with E-state index in [4.69, 9.17) is 9.84 Å². The fourth-order valence-corrected chi connectivity index (χ4v) is 1.29. The number of aliphatic hydroxyl groups is 1. The van der Waals surface area contributed by atoms with Crippen LogP contribution in [0.1, 0.15) is 23.7 Å². The minimum absolute atomic E-state index is 0.274. The van der Waals surface area contributed by atoms with Crippen molar-refractivity contribution in [2.24, 2.45) is 0 Å². The van der Waals surface area contributed by atoms with E-state index < -0.39 is 12.1 Å². The van der Waals surface area contributed by atoms with E-state index >= 15 is 0 Å². The van der Waals surface area contributed by atoms with Crippen LogP contribution in [0.4, 0.5) is 0 Å². The number of aliphatic carboxylic acids is 1. The number of methoxy groups -OCH3 is 1. The van der Waals surface area contributed by atoms with Crippen molar-refractivity contribution in [2.45, 2.75) is 19.1 Å². The number of benzene rings is 1. The van der Waals surface area contributed by atoms with Gasteiger partial charge in [0.15, 0.2) is 0 Å². The third-order valence-corrected chi connectivity index (χ3v) is 2.04. The number of ether oxygens (including phenoxy) is 1. The summed E-state index contributed by atoms with van der Waals surface area (Å²) in [5, 5.41) is 18.0. The van der Waals surface area contributed by atoms with Crippen LogP contribution in [0.15, 0.2) is 24.3 Å². The van der Waals surface area contributed by atoms with Crippen LogP contribution in [0.5, 0.6) is 0 Å². The minimum atomic E-state index is -1.01. The Labute approximate surface area is 88.1 Å². The lowest BCUT2D eigenvalue weighted by atomic mass is 10.1. The number of aliphatic hydroxyl groups excluding tert-OH is 1. The SMILES string of the molecule is COCc1ccc([C@H](O)CC(=O)O)cc1. The van der Waals surface area contributed by atoms with Gasteiger partial charge in [0.1, 0.15) is 0 Å². The van der Waals surface area contributed by atoms with Crippen molar-refractivity contribution in [1.82, 2.24) is 0 Å². The first kappa shape index (κ1) is 11.7. The van der Waals surface area contributed by atoms with E-state index in [-0.39, 0.29) is 6.42 Å². The van der Waals surface area contributed by atoms with Crippen LogP contribution in [0.2, 0.25) is 0 Å². The van der Waals surface area contributed by atoms with Crippen molar-refractivity contribution in [2.75, 3.05) is 7.11 Å². The fourth-order valence-electron chi connectivity index (χ4n) is 1.29. The van der Waals surface area contributed by atoms with Crippen molar-refractivity contribution in [3.8, 4) is 0 Å². The molecule has 0 aliphatic rings. The molecule has 0 amide bonds. The molecule has 0 bridgehead atoms. The van der Waals surface area contributed by atoms with Gasteiger partial charge in [-0.1, -0.05) is 24.3 Å². The van der Waals surface area contributed by atoms with E-state index in [1.165, 1.54) is 0 Å². The highest BCUT2D eigenvalue weighted by molar-refractivity contribution is 5.67. The van der Waals surface area contributed by atoms with Crippen LogP contribution in [0.25, 0.3) is 0 Å². The highest BCUT2D eigenvalue weighted by Crippen LogP contribution is 2.17. The molecule has 0 aromatic heterocycles. The summed E-state index contributed by atoms with van der Waals surface area (Å²) in [4.78, 5) is 10.4. The van der Waals surface area contributed by atoms with Crippen molar-refractivity contribution in [3.05, 3.63) is 35.4 Å². The zero-order valence-electron chi connectivity index (χ0n) is 8.51. The van der Waals surface area contributed by atoms with Crippen LogP contribution in [0.3, 0.4) is 0 Å². The normalized spacial score (nSPS) is 12.4. The summed E-state index contributed by atoms with van der Waals surface area (Å²) in [6, 6.07) is 7.04. The molecule has 0 aliphatic heterocycles. The number of carboxylic acid groups (broad SMARTS) is 1. The molecule has 0 heterocycles. The molecule has 0 fully saturated rings. The smallest absolute Gasteiger partial charge is 0.306 e. The molecule has 0 radical (unpaired) electrons. The van der Waals surface area contributed by atoms with Crippen LogP contribution in [0, 0.1) is 0 Å². The van der Waals surface area contributed by atoms with Crippen LogP contribution >= 0.6 is 0 Å². The summed E-state index contributed by atoms with van der Waals surface area (Å²) in [5.74, 6) is -1.01. The highest BCUT2D eigenvalue weighted by Gasteiger charge is 2.11. The van der Waals surface area contributed by atoms with Crippen molar-refractivity contribution < 1.29 is 19.7 Å². The highest BCUT2D eigenvalue weighted by atomic mass is 16.5. The average Bonchev–Trinajstić information content (AvgIpc) is 2.18. The van der Waals surface area contributed by atoms with Crippen molar-refractivity contribution in [1.29, 1.82) is 0 Å². The third-order valence-electron chi connectivity index (χ3n) is 2.04. The molecule has 1 atom stereocenters. The number of rotatable bonds is 5. The summed E-state index contributed by atoms with van der Waals surface area (Å²) < 4.78 is 4.94. The Kier molecular flexibility index (Phi) is 4.27. The van der Waals surface area contributed by atoms with E-state index in [0.717, 1.165) is 5.56 Å². The van der Waals surface area contributed by atoms with Gasteiger partial charge in [0, 0.05) is 7.11 Å². The molecule has 82 valence electrons. The Hall–Kier alpha value is -1.39. The van der Waals surface area contributed by atoms with Crippen molar-refractivity contribution in [3.63, 3.8) is 0 Å². The maximum atomic E-state index is 10.4. The lowest BCUT2D eigenvalue weighted by Gasteiger charge is -2.08. The van der Waals surface area contributed by atoms with Crippen LogP contribution < -0.4 is 0 Å². The lowest BCUT2D eigenvalue weighted by molar-refractivity contribution is -0.139. The van der Waals surface area contributed by atoms with Gasteiger partial charge in [-0.2, -0.15) is 0 Å². The Bertz CT molecular complexity index is 318. The first-order valence-corrected chi connectivity index (χ1v) is 4.61. The molecule has 0 saturated heterocycles. The number of carboxylic acids is 1. The molecule has 0 unspecified atom stereocenters. The Morgan fingerprint density at radius 1 is 1.40 bits per heavy atom. The summed E-state index contributed by atoms with van der Waals surface area (Å²) in [6.45, 7) is 0.509. The zero-order valence-corrected chi connectivity index (χ0v) is 8.51. The molecule has 4 heteroatoms. The van der Waals surface area contributed by atoms with Gasteiger partial charge >= 0.3 is 5.97 Å². The number of hydrogen-bond donors (Lipinski definition) is 2. The second-order valence-corrected chi connectivity index (χ2v) is 3.29. The number of carbonyl (C=O) groups is 1. The molecule has 15 heavy (non-hydrogen) atoms. The summed E-state index contributed by atoms with van der Waals surface area (Å²) in [7, 11) is 1.60. The Morgan fingerprint density at radius 2 is 2.00 bits per heavy atom. The van der Waals surface area contributed by atoms with Gasteiger partial charge in [0.25, 0.3) is 0 Å². The minimum Gasteiger partial charge on any atom is -0.481 e. The standard InChI is InChI=1S/C11H14O4/c1-15-7-8-2-4-9(5-3-8)10(12)6-11(13)14/h2-5,10,12H,6-7H2,1H3,(H,13,14)/t10-/m1/s1. The second-order valence-electron chi connectivity index (χ2n) is 3.29. The van der Waals surface area contributed by atoms with E-state index in [9.17, 15) is 9.90 Å². The molecule has 1 aromatic carbocycles. The Balaban J connectivity index is 2.66. The molecule has 1 aromatic rings. The van der Waals surface area contributed by atoms with Crippen LogP contribution in [-0.2, 0) is 16.1 Å². The van der Waals surface area contributed by atoms with Gasteiger partial charge in [0.2, 0.25) is 0 Å². The van der Waals surface area contributed by atoms with Gasteiger partial charge < -0.3 is 14.9 Å². The quantitative estimate of drug-likeness (QED) is 0.769. The number of hydrogen-bond acceptors (Lipinski definition) is 3. The molecule has 1 rings (SSSR count).